The van der Waals surface area contributed by atoms with Crippen molar-refractivity contribution in [1.82, 2.24) is 5.32 Å². The normalized spacial score (nSPS) is 10.2. The van der Waals surface area contributed by atoms with Gasteiger partial charge in [0, 0.05) is 24.2 Å². The largest absolute Gasteiger partial charge is 0.494 e. The standard InChI is InChI=1S/C18H22N4O2/c19-12-13-5-7-14(8-6-13)18(23)22-9-2-10-24-16-4-1-3-15(11-16)17(20)21/h1,3-8,11H,2,9-10,12,19H2,(H3,20,21)(H,22,23). The second-order valence-electron chi connectivity index (χ2n) is 5.30. The Morgan fingerprint density at radius 3 is 2.54 bits per heavy atom. The van der Waals surface area contributed by atoms with Crippen molar-refractivity contribution < 1.29 is 9.53 Å². The van der Waals surface area contributed by atoms with Crippen LogP contribution >= 0.6 is 0 Å². The maximum atomic E-state index is 12.0. The number of hydrogen-bond donors (Lipinski definition) is 4. The van der Waals surface area contributed by atoms with Gasteiger partial charge in [-0.1, -0.05) is 24.3 Å². The summed E-state index contributed by atoms with van der Waals surface area (Å²) in [6, 6.07) is 14.3. The average molecular weight is 326 g/mol. The van der Waals surface area contributed by atoms with Gasteiger partial charge < -0.3 is 21.5 Å². The Labute approximate surface area is 141 Å². The molecule has 0 aromatic heterocycles. The zero-order valence-electron chi connectivity index (χ0n) is 13.4. The number of carbonyl (C=O) groups is 1. The monoisotopic (exact) mass is 326 g/mol. The molecule has 126 valence electrons. The summed E-state index contributed by atoms with van der Waals surface area (Å²) < 4.78 is 5.60. The van der Waals surface area contributed by atoms with Gasteiger partial charge in [-0.2, -0.15) is 0 Å². The molecule has 24 heavy (non-hydrogen) atoms. The average Bonchev–Trinajstić information content (AvgIpc) is 2.61. The lowest BCUT2D eigenvalue weighted by Gasteiger charge is -2.09. The summed E-state index contributed by atoms with van der Waals surface area (Å²) in [4.78, 5) is 12.0. The fourth-order valence-electron chi connectivity index (χ4n) is 2.11. The fourth-order valence-corrected chi connectivity index (χ4v) is 2.11. The van der Waals surface area contributed by atoms with E-state index in [4.69, 9.17) is 21.6 Å². The van der Waals surface area contributed by atoms with Gasteiger partial charge in [-0.25, -0.2) is 0 Å². The number of nitrogens with two attached hydrogens (primary N) is 2. The summed E-state index contributed by atoms with van der Waals surface area (Å²) in [5.74, 6) is 0.553. The number of nitrogens with one attached hydrogen (secondary N) is 2. The summed E-state index contributed by atoms with van der Waals surface area (Å²) >= 11 is 0. The van der Waals surface area contributed by atoms with Crippen LogP contribution in [0.2, 0.25) is 0 Å². The summed E-state index contributed by atoms with van der Waals surface area (Å²) in [5, 5.41) is 10.2. The predicted molar refractivity (Wildman–Crippen MR) is 94.2 cm³/mol. The second-order valence-corrected chi connectivity index (χ2v) is 5.30. The molecule has 0 atom stereocenters. The number of hydrogen-bond acceptors (Lipinski definition) is 4. The van der Waals surface area contributed by atoms with Crippen molar-refractivity contribution in [3.8, 4) is 5.75 Å². The zero-order chi connectivity index (χ0) is 17.4. The van der Waals surface area contributed by atoms with E-state index in [1.54, 1.807) is 30.3 Å². The smallest absolute Gasteiger partial charge is 0.251 e. The van der Waals surface area contributed by atoms with Gasteiger partial charge in [-0.15, -0.1) is 0 Å². The lowest BCUT2D eigenvalue weighted by molar-refractivity contribution is 0.0951. The highest BCUT2D eigenvalue weighted by molar-refractivity contribution is 5.95. The molecule has 0 heterocycles. The van der Waals surface area contributed by atoms with Crippen LogP contribution in [0.4, 0.5) is 0 Å². The van der Waals surface area contributed by atoms with Gasteiger partial charge in [0.15, 0.2) is 0 Å². The number of amides is 1. The first-order chi connectivity index (χ1) is 11.6. The number of amidine groups is 1. The molecule has 6 nitrogen and oxygen atoms in total. The molecule has 0 bridgehead atoms. The molecule has 2 rings (SSSR count). The van der Waals surface area contributed by atoms with E-state index in [9.17, 15) is 4.79 Å². The van der Waals surface area contributed by atoms with Crippen molar-refractivity contribution >= 4 is 11.7 Å². The molecule has 0 aliphatic rings. The molecule has 6 N–H and O–H groups in total. The molecule has 2 aromatic carbocycles. The molecule has 2 aromatic rings. The van der Waals surface area contributed by atoms with Crippen LogP contribution in [0.1, 0.15) is 27.9 Å². The van der Waals surface area contributed by atoms with Crippen LogP contribution < -0.4 is 21.5 Å². The maximum Gasteiger partial charge on any atom is 0.251 e. The highest BCUT2D eigenvalue weighted by atomic mass is 16.5. The quantitative estimate of drug-likeness (QED) is 0.335. The number of ether oxygens (including phenoxy) is 1. The van der Waals surface area contributed by atoms with Gasteiger partial charge in [-0.05, 0) is 36.2 Å². The summed E-state index contributed by atoms with van der Waals surface area (Å²) in [5.41, 5.74) is 13.2. The van der Waals surface area contributed by atoms with Crippen LogP contribution in [-0.2, 0) is 6.54 Å². The van der Waals surface area contributed by atoms with Crippen LogP contribution in [0.3, 0.4) is 0 Å². The molecular formula is C18H22N4O2. The van der Waals surface area contributed by atoms with E-state index in [0.29, 0.717) is 43.0 Å². The number of nitrogen functional groups attached to an aromatic ring is 1. The molecular weight excluding hydrogens is 304 g/mol. The minimum Gasteiger partial charge on any atom is -0.494 e. The van der Waals surface area contributed by atoms with Crippen LogP contribution in [0.25, 0.3) is 0 Å². The van der Waals surface area contributed by atoms with E-state index < -0.39 is 0 Å². The first-order valence-corrected chi connectivity index (χ1v) is 7.74. The van der Waals surface area contributed by atoms with Crippen molar-refractivity contribution in [1.29, 1.82) is 5.41 Å². The molecule has 0 unspecified atom stereocenters. The predicted octanol–water partition coefficient (Wildman–Crippen LogP) is 1.63. The van der Waals surface area contributed by atoms with E-state index in [2.05, 4.69) is 5.32 Å². The van der Waals surface area contributed by atoms with Gasteiger partial charge in [-0.3, -0.25) is 10.2 Å². The highest BCUT2D eigenvalue weighted by Crippen LogP contribution is 2.13. The molecule has 0 aliphatic carbocycles. The lowest BCUT2D eigenvalue weighted by atomic mass is 10.1. The SMILES string of the molecule is N=C(N)c1cccc(OCCCNC(=O)c2ccc(CN)cc2)c1. The Morgan fingerprint density at radius 2 is 1.88 bits per heavy atom. The minimum absolute atomic E-state index is 0.00775. The van der Waals surface area contributed by atoms with Crippen LogP contribution in [-0.4, -0.2) is 24.9 Å². The van der Waals surface area contributed by atoms with E-state index in [-0.39, 0.29) is 11.7 Å². The molecule has 0 fully saturated rings. The Balaban J connectivity index is 1.71. The lowest BCUT2D eigenvalue weighted by Crippen LogP contribution is -2.25. The molecule has 0 radical (unpaired) electrons. The second kappa shape index (κ2) is 8.69. The fraction of sp³-hybridized carbons (Fsp3) is 0.222. The molecule has 0 aliphatic heterocycles. The van der Waals surface area contributed by atoms with Crippen LogP contribution in [0.15, 0.2) is 48.5 Å². The van der Waals surface area contributed by atoms with Gasteiger partial charge in [0.1, 0.15) is 11.6 Å². The molecule has 0 saturated heterocycles. The van der Waals surface area contributed by atoms with Crippen molar-refractivity contribution in [2.24, 2.45) is 11.5 Å². The van der Waals surface area contributed by atoms with Crippen LogP contribution in [0, 0.1) is 5.41 Å². The summed E-state index contributed by atoms with van der Waals surface area (Å²) in [6.07, 6.45) is 0.678. The van der Waals surface area contributed by atoms with Gasteiger partial charge in [0.05, 0.1) is 6.61 Å². The van der Waals surface area contributed by atoms with Crippen molar-refractivity contribution in [2.75, 3.05) is 13.2 Å². The Kier molecular flexibility index (Phi) is 6.33. The third kappa shape index (κ3) is 5.10. The van der Waals surface area contributed by atoms with Crippen molar-refractivity contribution in [3.05, 3.63) is 65.2 Å². The third-order valence-electron chi connectivity index (χ3n) is 3.47. The van der Waals surface area contributed by atoms with Gasteiger partial charge >= 0.3 is 0 Å². The summed E-state index contributed by atoms with van der Waals surface area (Å²) in [7, 11) is 0. The topological polar surface area (TPSA) is 114 Å². The molecule has 1 amide bonds. The molecule has 0 saturated carbocycles. The Bertz CT molecular complexity index is 698. The highest BCUT2D eigenvalue weighted by Gasteiger charge is 2.04. The number of carbonyl (C=O) groups excluding carboxylic acids is 1. The van der Waals surface area contributed by atoms with E-state index >= 15 is 0 Å². The van der Waals surface area contributed by atoms with E-state index in [1.165, 1.54) is 0 Å². The Morgan fingerprint density at radius 1 is 1.12 bits per heavy atom. The first kappa shape index (κ1) is 17.5. The van der Waals surface area contributed by atoms with Crippen molar-refractivity contribution in [2.45, 2.75) is 13.0 Å². The van der Waals surface area contributed by atoms with Gasteiger partial charge in [0.25, 0.3) is 5.91 Å². The third-order valence-corrected chi connectivity index (χ3v) is 3.47. The maximum absolute atomic E-state index is 12.0. The Hall–Kier alpha value is -2.86. The van der Waals surface area contributed by atoms with Gasteiger partial charge in [0.2, 0.25) is 0 Å². The number of benzene rings is 2. The van der Waals surface area contributed by atoms with Crippen LogP contribution in [0.5, 0.6) is 5.75 Å². The van der Waals surface area contributed by atoms with E-state index in [0.717, 1.165) is 5.56 Å². The van der Waals surface area contributed by atoms with E-state index in [1.807, 2.05) is 18.2 Å². The van der Waals surface area contributed by atoms with Crippen molar-refractivity contribution in [3.63, 3.8) is 0 Å². The zero-order valence-corrected chi connectivity index (χ0v) is 13.4. The first-order valence-electron chi connectivity index (χ1n) is 7.74. The molecule has 6 heteroatoms. The minimum atomic E-state index is -0.114. The molecule has 0 spiro atoms. The number of rotatable bonds is 8. The summed E-state index contributed by atoms with van der Waals surface area (Å²) in [6.45, 7) is 1.45.